The number of benzene rings is 1. The smallest absolute Gasteiger partial charge is 0.191 e. The van der Waals surface area contributed by atoms with Crippen LogP contribution in [0.2, 0.25) is 0 Å². The quantitative estimate of drug-likeness (QED) is 0.486. The minimum absolute atomic E-state index is 0.817. The summed E-state index contributed by atoms with van der Waals surface area (Å²) in [6, 6.07) is 9.28. The Morgan fingerprint density at radius 1 is 1.24 bits per heavy atom. The number of para-hydroxylation sites is 1. The van der Waals surface area contributed by atoms with Crippen molar-refractivity contribution >= 4 is 16.9 Å². The molecular formula is C20H31N5. The zero-order valence-corrected chi connectivity index (χ0v) is 15.5. The minimum Gasteiger partial charge on any atom is -0.361 e. The molecule has 0 bridgehead atoms. The van der Waals surface area contributed by atoms with E-state index in [1.165, 1.54) is 29.3 Å². The highest BCUT2D eigenvalue weighted by Gasteiger charge is 2.27. The van der Waals surface area contributed by atoms with Gasteiger partial charge < -0.3 is 15.6 Å². The van der Waals surface area contributed by atoms with Crippen molar-refractivity contribution in [2.75, 3.05) is 32.7 Å². The average Bonchev–Trinajstić information content (AvgIpc) is 3.39. The molecule has 25 heavy (non-hydrogen) atoms. The number of likely N-dealkylation sites (N-methyl/N-ethyl adjacent to an activating group) is 1. The fourth-order valence-corrected chi connectivity index (χ4v) is 3.32. The Kier molecular flexibility index (Phi) is 6.34. The molecule has 1 aromatic heterocycles. The van der Waals surface area contributed by atoms with E-state index >= 15 is 0 Å². The molecule has 0 spiro atoms. The maximum absolute atomic E-state index is 4.74. The molecule has 0 amide bonds. The molecule has 0 atom stereocenters. The lowest BCUT2D eigenvalue weighted by atomic mass is 10.1. The van der Waals surface area contributed by atoms with Gasteiger partial charge in [0.05, 0.1) is 6.54 Å². The Bertz CT molecular complexity index is 686. The van der Waals surface area contributed by atoms with Crippen molar-refractivity contribution < 1.29 is 0 Å². The van der Waals surface area contributed by atoms with Gasteiger partial charge in [-0.25, -0.2) is 0 Å². The van der Waals surface area contributed by atoms with Crippen molar-refractivity contribution in [1.82, 2.24) is 20.5 Å². The van der Waals surface area contributed by atoms with Gasteiger partial charge in [-0.05, 0) is 44.4 Å². The second kappa shape index (κ2) is 8.90. The van der Waals surface area contributed by atoms with Gasteiger partial charge in [0, 0.05) is 42.8 Å². The third kappa shape index (κ3) is 4.98. The van der Waals surface area contributed by atoms with E-state index in [-0.39, 0.29) is 0 Å². The average molecular weight is 342 g/mol. The Hall–Kier alpha value is -2.01. The summed E-state index contributed by atoms with van der Waals surface area (Å²) in [4.78, 5) is 10.6. The molecule has 5 heteroatoms. The number of nitrogens with zero attached hydrogens (tertiary/aromatic N) is 2. The third-order valence-electron chi connectivity index (χ3n) is 4.83. The van der Waals surface area contributed by atoms with Crippen LogP contribution in [0.1, 0.15) is 32.3 Å². The molecule has 0 aliphatic heterocycles. The molecule has 1 fully saturated rings. The summed E-state index contributed by atoms with van der Waals surface area (Å²) in [5.74, 6) is 0.925. The van der Waals surface area contributed by atoms with Crippen LogP contribution in [0.15, 0.2) is 35.5 Å². The number of guanidine groups is 1. The van der Waals surface area contributed by atoms with Crippen molar-refractivity contribution in [3.05, 3.63) is 36.0 Å². The first kappa shape index (κ1) is 17.8. The van der Waals surface area contributed by atoms with Crippen molar-refractivity contribution in [2.24, 2.45) is 4.99 Å². The second-order valence-electron chi connectivity index (χ2n) is 6.66. The normalized spacial score (nSPS) is 15.1. The summed E-state index contributed by atoms with van der Waals surface area (Å²) < 4.78 is 0. The van der Waals surface area contributed by atoms with Crippen LogP contribution in [0, 0.1) is 0 Å². The van der Waals surface area contributed by atoms with E-state index in [2.05, 4.69) is 64.8 Å². The molecule has 1 saturated carbocycles. The number of aliphatic imine (C=N–C) groups is 1. The molecule has 1 heterocycles. The molecular weight excluding hydrogens is 310 g/mol. The molecule has 1 aromatic carbocycles. The SMILES string of the molecule is CCNC(=NCCN(CC)C1CC1)NCCc1c[nH]c2ccccc12. The van der Waals surface area contributed by atoms with Crippen LogP contribution in [-0.4, -0.2) is 54.6 Å². The highest BCUT2D eigenvalue weighted by molar-refractivity contribution is 5.83. The Labute approximate surface area is 150 Å². The zero-order chi connectivity index (χ0) is 17.5. The van der Waals surface area contributed by atoms with Gasteiger partial charge in [-0.1, -0.05) is 25.1 Å². The van der Waals surface area contributed by atoms with E-state index in [9.17, 15) is 0 Å². The molecule has 5 nitrogen and oxygen atoms in total. The van der Waals surface area contributed by atoms with Crippen LogP contribution in [0.5, 0.6) is 0 Å². The third-order valence-corrected chi connectivity index (χ3v) is 4.83. The molecule has 3 N–H and O–H groups in total. The molecule has 2 aromatic rings. The van der Waals surface area contributed by atoms with E-state index in [0.29, 0.717) is 0 Å². The summed E-state index contributed by atoms with van der Waals surface area (Å²) >= 11 is 0. The largest absolute Gasteiger partial charge is 0.361 e. The lowest BCUT2D eigenvalue weighted by Gasteiger charge is -2.18. The fourth-order valence-electron chi connectivity index (χ4n) is 3.32. The van der Waals surface area contributed by atoms with Crippen molar-refractivity contribution in [2.45, 2.75) is 39.2 Å². The number of rotatable bonds is 9. The first-order valence-corrected chi connectivity index (χ1v) is 9.63. The highest BCUT2D eigenvalue weighted by atomic mass is 15.2. The molecule has 136 valence electrons. The van der Waals surface area contributed by atoms with Crippen LogP contribution in [0.3, 0.4) is 0 Å². The number of hydrogen-bond donors (Lipinski definition) is 3. The molecule has 1 aliphatic carbocycles. The summed E-state index contributed by atoms with van der Waals surface area (Å²) in [5.41, 5.74) is 2.56. The Balaban J connectivity index is 1.48. The van der Waals surface area contributed by atoms with Crippen molar-refractivity contribution in [1.29, 1.82) is 0 Å². The van der Waals surface area contributed by atoms with Crippen molar-refractivity contribution in [3.8, 4) is 0 Å². The summed E-state index contributed by atoms with van der Waals surface area (Å²) in [7, 11) is 0. The predicted octanol–water partition coefficient (Wildman–Crippen LogP) is 2.75. The van der Waals surface area contributed by atoms with Crippen molar-refractivity contribution in [3.63, 3.8) is 0 Å². The maximum atomic E-state index is 4.74. The fraction of sp³-hybridized carbons (Fsp3) is 0.550. The molecule has 1 aliphatic rings. The number of aromatic amines is 1. The second-order valence-corrected chi connectivity index (χ2v) is 6.66. The van der Waals surface area contributed by atoms with Gasteiger partial charge in [0.2, 0.25) is 0 Å². The number of H-pyrrole nitrogens is 1. The number of hydrogen-bond acceptors (Lipinski definition) is 2. The summed E-state index contributed by atoms with van der Waals surface area (Å²) in [6.07, 6.45) is 5.82. The van der Waals surface area contributed by atoms with Crippen LogP contribution >= 0.6 is 0 Å². The minimum atomic E-state index is 0.817. The predicted molar refractivity (Wildman–Crippen MR) is 106 cm³/mol. The number of aromatic nitrogens is 1. The van der Waals surface area contributed by atoms with E-state index in [1.54, 1.807) is 0 Å². The van der Waals surface area contributed by atoms with E-state index in [0.717, 1.165) is 51.1 Å². The van der Waals surface area contributed by atoms with Gasteiger partial charge in [-0.15, -0.1) is 0 Å². The summed E-state index contributed by atoms with van der Waals surface area (Å²) in [6.45, 7) is 9.16. The molecule has 0 radical (unpaired) electrons. The van der Waals surface area contributed by atoms with E-state index in [4.69, 9.17) is 4.99 Å². The molecule has 3 rings (SSSR count). The Morgan fingerprint density at radius 3 is 2.84 bits per heavy atom. The standard InChI is InChI=1S/C20H31N5/c1-3-21-20(23-13-14-25(4-2)17-9-10-17)22-12-11-16-15-24-19-8-6-5-7-18(16)19/h5-8,15,17,24H,3-4,9-14H2,1-2H3,(H2,21,22,23). The number of fused-ring (bicyclic) bond motifs is 1. The van der Waals surface area contributed by atoms with E-state index < -0.39 is 0 Å². The summed E-state index contributed by atoms with van der Waals surface area (Å²) in [5, 5.41) is 8.13. The topological polar surface area (TPSA) is 55.5 Å². The first-order valence-electron chi connectivity index (χ1n) is 9.63. The van der Waals surface area contributed by atoms with Crippen LogP contribution in [0.25, 0.3) is 10.9 Å². The van der Waals surface area contributed by atoms with E-state index in [1.807, 2.05) is 0 Å². The van der Waals surface area contributed by atoms with Gasteiger partial charge in [0.15, 0.2) is 5.96 Å². The number of nitrogens with one attached hydrogen (secondary N) is 3. The van der Waals surface area contributed by atoms with Gasteiger partial charge in [-0.2, -0.15) is 0 Å². The first-order chi connectivity index (χ1) is 12.3. The van der Waals surface area contributed by atoms with Crippen LogP contribution in [-0.2, 0) is 6.42 Å². The van der Waals surface area contributed by atoms with Gasteiger partial charge in [-0.3, -0.25) is 9.89 Å². The lowest BCUT2D eigenvalue weighted by molar-refractivity contribution is 0.286. The molecule has 0 unspecified atom stereocenters. The monoisotopic (exact) mass is 341 g/mol. The van der Waals surface area contributed by atoms with Gasteiger partial charge in [0.1, 0.15) is 0 Å². The van der Waals surface area contributed by atoms with Crippen LogP contribution in [0.4, 0.5) is 0 Å². The molecule has 0 saturated heterocycles. The van der Waals surface area contributed by atoms with Gasteiger partial charge >= 0.3 is 0 Å². The maximum Gasteiger partial charge on any atom is 0.191 e. The van der Waals surface area contributed by atoms with Gasteiger partial charge in [0.25, 0.3) is 0 Å². The zero-order valence-electron chi connectivity index (χ0n) is 15.5. The lowest BCUT2D eigenvalue weighted by Crippen LogP contribution is -2.39. The van der Waals surface area contributed by atoms with Crippen LogP contribution < -0.4 is 10.6 Å². The highest BCUT2D eigenvalue weighted by Crippen LogP contribution is 2.25. The Morgan fingerprint density at radius 2 is 2.08 bits per heavy atom.